The smallest absolute Gasteiger partial charge is 0.341 e. The second kappa shape index (κ2) is 8.34. The van der Waals surface area contributed by atoms with Gasteiger partial charge in [0.1, 0.15) is 17.1 Å². The summed E-state index contributed by atoms with van der Waals surface area (Å²) in [6, 6.07) is 9.05. The number of nitriles is 1. The van der Waals surface area contributed by atoms with Gasteiger partial charge in [0.05, 0.1) is 23.8 Å². The van der Waals surface area contributed by atoms with E-state index in [1.807, 2.05) is 6.07 Å². The molecule has 2 aromatic rings. The SMILES string of the molecule is CCOC(=O)c1ccsc1NC(=O)CN1C(=O)NC(C)(c2ccc(C#N)cc2)C1=O. The second-order valence-corrected chi connectivity index (χ2v) is 7.48. The number of carbonyl (C=O) groups is 4. The molecule has 0 saturated carbocycles. The summed E-state index contributed by atoms with van der Waals surface area (Å²) in [6.07, 6.45) is 0. The van der Waals surface area contributed by atoms with Crippen molar-refractivity contribution in [2.24, 2.45) is 0 Å². The van der Waals surface area contributed by atoms with Crippen molar-refractivity contribution < 1.29 is 23.9 Å². The summed E-state index contributed by atoms with van der Waals surface area (Å²) in [5, 5.41) is 16.0. The van der Waals surface area contributed by atoms with Crippen LogP contribution in [-0.2, 0) is 19.9 Å². The molecule has 4 amide bonds. The van der Waals surface area contributed by atoms with Crippen LogP contribution >= 0.6 is 11.3 Å². The van der Waals surface area contributed by atoms with Gasteiger partial charge in [-0.15, -0.1) is 11.3 Å². The van der Waals surface area contributed by atoms with E-state index in [1.165, 1.54) is 13.0 Å². The number of amides is 4. The first kappa shape index (κ1) is 21.0. The normalized spacial score (nSPS) is 18.0. The van der Waals surface area contributed by atoms with Gasteiger partial charge in [0.2, 0.25) is 5.91 Å². The molecular formula is C20H18N4O5S. The van der Waals surface area contributed by atoms with Crippen molar-refractivity contribution in [3.63, 3.8) is 0 Å². The number of hydrogen-bond donors (Lipinski definition) is 2. The van der Waals surface area contributed by atoms with Gasteiger partial charge in [-0.05, 0) is 43.0 Å². The molecule has 9 nitrogen and oxygen atoms in total. The monoisotopic (exact) mass is 426 g/mol. The van der Waals surface area contributed by atoms with Gasteiger partial charge in [-0.2, -0.15) is 5.26 Å². The fraction of sp³-hybridized carbons (Fsp3) is 0.250. The van der Waals surface area contributed by atoms with Gasteiger partial charge in [0.25, 0.3) is 5.91 Å². The van der Waals surface area contributed by atoms with Crippen molar-refractivity contribution in [3.8, 4) is 6.07 Å². The lowest BCUT2D eigenvalue weighted by Crippen LogP contribution is -2.42. The third-order valence-electron chi connectivity index (χ3n) is 4.58. The number of thiophene rings is 1. The molecule has 0 bridgehead atoms. The standard InChI is InChI=1S/C20H18N4O5S/c1-3-29-17(26)14-8-9-30-16(14)22-15(25)11-24-18(27)20(2,23-19(24)28)13-6-4-12(10-21)5-7-13/h4-9H,3,11H2,1-2H3,(H,22,25)(H,23,28). The van der Waals surface area contributed by atoms with Crippen molar-refractivity contribution in [3.05, 3.63) is 52.4 Å². The van der Waals surface area contributed by atoms with Crippen LogP contribution in [0.3, 0.4) is 0 Å². The predicted octanol–water partition coefficient (Wildman–Crippen LogP) is 2.20. The Morgan fingerprint density at radius 1 is 1.27 bits per heavy atom. The molecule has 10 heteroatoms. The Labute approximate surface area is 176 Å². The van der Waals surface area contributed by atoms with E-state index in [4.69, 9.17) is 10.00 Å². The zero-order valence-corrected chi connectivity index (χ0v) is 17.0. The molecule has 0 aliphatic carbocycles. The number of urea groups is 1. The Morgan fingerprint density at radius 2 is 1.97 bits per heavy atom. The summed E-state index contributed by atoms with van der Waals surface area (Å²) >= 11 is 1.13. The number of hydrogen-bond acceptors (Lipinski definition) is 7. The van der Waals surface area contributed by atoms with Crippen molar-refractivity contribution in [1.29, 1.82) is 5.26 Å². The minimum atomic E-state index is -1.36. The van der Waals surface area contributed by atoms with Gasteiger partial charge in [0.15, 0.2) is 0 Å². The van der Waals surface area contributed by atoms with Gasteiger partial charge < -0.3 is 15.4 Å². The van der Waals surface area contributed by atoms with Crippen LogP contribution in [0, 0.1) is 11.3 Å². The van der Waals surface area contributed by atoms with E-state index >= 15 is 0 Å². The molecule has 0 spiro atoms. The first-order chi connectivity index (χ1) is 14.3. The number of anilines is 1. The van der Waals surface area contributed by atoms with Crippen LogP contribution in [0.2, 0.25) is 0 Å². The van der Waals surface area contributed by atoms with Crippen LogP contribution in [0.15, 0.2) is 35.7 Å². The Balaban J connectivity index is 1.73. The highest BCUT2D eigenvalue weighted by atomic mass is 32.1. The van der Waals surface area contributed by atoms with E-state index in [0.717, 1.165) is 16.2 Å². The van der Waals surface area contributed by atoms with Gasteiger partial charge in [-0.25, -0.2) is 9.59 Å². The highest BCUT2D eigenvalue weighted by Crippen LogP contribution is 2.29. The quantitative estimate of drug-likeness (QED) is 0.538. The van der Waals surface area contributed by atoms with E-state index in [1.54, 1.807) is 36.6 Å². The zero-order valence-electron chi connectivity index (χ0n) is 16.2. The molecular weight excluding hydrogens is 408 g/mol. The Bertz CT molecular complexity index is 1060. The minimum absolute atomic E-state index is 0.193. The maximum atomic E-state index is 12.9. The molecule has 154 valence electrons. The lowest BCUT2D eigenvalue weighted by molar-refractivity contribution is -0.133. The van der Waals surface area contributed by atoms with Crippen LogP contribution < -0.4 is 10.6 Å². The third-order valence-corrected chi connectivity index (χ3v) is 5.41. The number of carbonyl (C=O) groups excluding carboxylic acids is 4. The molecule has 0 radical (unpaired) electrons. The van der Waals surface area contributed by atoms with Crippen LogP contribution in [0.4, 0.5) is 9.80 Å². The maximum Gasteiger partial charge on any atom is 0.341 e. The predicted molar refractivity (Wildman–Crippen MR) is 108 cm³/mol. The highest BCUT2D eigenvalue weighted by molar-refractivity contribution is 7.14. The molecule has 30 heavy (non-hydrogen) atoms. The number of nitrogens with one attached hydrogen (secondary N) is 2. The number of ether oxygens (including phenoxy) is 1. The first-order valence-electron chi connectivity index (χ1n) is 8.99. The zero-order chi connectivity index (χ0) is 21.9. The first-order valence-corrected chi connectivity index (χ1v) is 9.87. The van der Waals surface area contributed by atoms with E-state index < -0.39 is 35.9 Å². The van der Waals surface area contributed by atoms with E-state index in [-0.39, 0.29) is 17.2 Å². The highest BCUT2D eigenvalue weighted by Gasteiger charge is 2.49. The Kier molecular flexibility index (Phi) is 5.84. The van der Waals surface area contributed by atoms with Crippen molar-refractivity contribution in [1.82, 2.24) is 10.2 Å². The molecule has 1 unspecified atom stereocenters. The molecule has 1 aromatic heterocycles. The van der Waals surface area contributed by atoms with Crippen molar-refractivity contribution in [2.45, 2.75) is 19.4 Å². The largest absolute Gasteiger partial charge is 0.462 e. The molecule has 1 fully saturated rings. The number of esters is 1. The van der Waals surface area contributed by atoms with E-state index in [9.17, 15) is 19.2 Å². The third kappa shape index (κ3) is 3.88. The number of rotatable bonds is 6. The fourth-order valence-corrected chi connectivity index (χ4v) is 3.79. The van der Waals surface area contributed by atoms with Crippen LogP contribution in [0.5, 0.6) is 0 Å². The minimum Gasteiger partial charge on any atom is -0.462 e. The summed E-state index contributed by atoms with van der Waals surface area (Å²) in [5.41, 5.74) is -0.242. The van der Waals surface area contributed by atoms with Gasteiger partial charge in [0, 0.05) is 0 Å². The topological polar surface area (TPSA) is 129 Å². The van der Waals surface area contributed by atoms with Crippen LogP contribution in [0.1, 0.15) is 35.3 Å². The van der Waals surface area contributed by atoms with Crippen molar-refractivity contribution in [2.75, 3.05) is 18.5 Å². The summed E-state index contributed by atoms with van der Waals surface area (Å²) < 4.78 is 4.94. The van der Waals surface area contributed by atoms with Gasteiger partial charge >= 0.3 is 12.0 Å². The average Bonchev–Trinajstić information content (AvgIpc) is 3.27. The van der Waals surface area contributed by atoms with Crippen LogP contribution in [0.25, 0.3) is 0 Å². The van der Waals surface area contributed by atoms with Gasteiger partial charge in [-0.1, -0.05) is 12.1 Å². The molecule has 3 rings (SSSR count). The number of nitrogens with zero attached hydrogens (tertiary/aromatic N) is 2. The molecule has 1 saturated heterocycles. The number of benzene rings is 1. The van der Waals surface area contributed by atoms with Crippen molar-refractivity contribution >= 4 is 40.2 Å². The summed E-state index contributed by atoms with van der Waals surface area (Å²) in [6.45, 7) is 2.88. The second-order valence-electron chi connectivity index (χ2n) is 6.57. The summed E-state index contributed by atoms with van der Waals surface area (Å²) in [5.74, 6) is -1.79. The average molecular weight is 426 g/mol. The van der Waals surface area contributed by atoms with E-state index in [0.29, 0.717) is 11.1 Å². The molecule has 1 aromatic carbocycles. The summed E-state index contributed by atoms with van der Waals surface area (Å²) in [4.78, 5) is 50.5. The lowest BCUT2D eigenvalue weighted by atomic mass is 9.91. The van der Waals surface area contributed by atoms with Gasteiger partial charge in [-0.3, -0.25) is 14.5 Å². The molecule has 1 atom stereocenters. The Morgan fingerprint density at radius 3 is 2.60 bits per heavy atom. The van der Waals surface area contributed by atoms with E-state index in [2.05, 4.69) is 10.6 Å². The number of imide groups is 1. The summed E-state index contributed by atoms with van der Waals surface area (Å²) in [7, 11) is 0. The molecule has 1 aliphatic rings. The Hall–Kier alpha value is -3.71. The van der Waals surface area contributed by atoms with Crippen LogP contribution in [-0.4, -0.2) is 41.9 Å². The lowest BCUT2D eigenvalue weighted by Gasteiger charge is -2.22. The molecule has 2 heterocycles. The maximum absolute atomic E-state index is 12.9. The fourth-order valence-electron chi connectivity index (χ4n) is 3.00. The molecule has 1 aliphatic heterocycles. The molecule has 2 N–H and O–H groups in total.